The van der Waals surface area contributed by atoms with Gasteiger partial charge in [-0.05, 0) is 12.1 Å². The van der Waals surface area contributed by atoms with Crippen LogP contribution in [-0.2, 0) is 6.61 Å². The Morgan fingerprint density at radius 3 is 2.00 bits per heavy atom. The molecule has 1 nitrogen and oxygen atoms in total. The molecule has 0 amide bonds. The molecule has 1 aromatic carbocycles. The molecule has 0 aliphatic rings. The Morgan fingerprint density at radius 2 is 1.60 bits per heavy atom. The first-order chi connectivity index (χ1) is 4.72. The molecular formula is C7H5F2O-. The SMILES string of the molecule is [O-]Cc1cc(F)cc(F)c1. The van der Waals surface area contributed by atoms with Crippen LogP contribution in [0.1, 0.15) is 5.56 Å². The minimum atomic E-state index is -0.703. The maximum atomic E-state index is 12.2. The van der Waals surface area contributed by atoms with Crippen LogP contribution in [0.25, 0.3) is 0 Å². The molecule has 0 N–H and O–H groups in total. The molecule has 0 atom stereocenters. The summed E-state index contributed by atoms with van der Waals surface area (Å²) in [5.41, 5.74) is 0.137. The average molecular weight is 143 g/mol. The third-order valence-corrected chi connectivity index (χ3v) is 1.09. The monoisotopic (exact) mass is 143 g/mol. The lowest BCUT2D eigenvalue weighted by Gasteiger charge is -2.03. The van der Waals surface area contributed by atoms with Crippen LogP contribution in [0.2, 0.25) is 0 Å². The van der Waals surface area contributed by atoms with E-state index < -0.39 is 18.2 Å². The fourth-order valence-electron chi connectivity index (χ4n) is 0.694. The van der Waals surface area contributed by atoms with E-state index in [0.717, 1.165) is 18.2 Å². The van der Waals surface area contributed by atoms with Gasteiger partial charge in [-0.15, -0.1) is 6.61 Å². The van der Waals surface area contributed by atoms with Crippen LogP contribution in [-0.4, -0.2) is 0 Å². The van der Waals surface area contributed by atoms with Crippen molar-refractivity contribution in [3.8, 4) is 0 Å². The Balaban J connectivity index is 3.06. The van der Waals surface area contributed by atoms with Gasteiger partial charge in [0.15, 0.2) is 0 Å². The summed E-state index contributed by atoms with van der Waals surface area (Å²) in [6.07, 6.45) is 0. The third-order valence-electron chi connectivity index (χ3n) is 1.09. The van der Waals surface area contributed by atoms with Crippen molar-refractivity contribution < 1.29 is 13.9 Å². The summed E-state index contributed by atoms with van der Waals surface area (Å²) < 4.78 is 24.5. The number of benzene rings is 1. The normalized spacial score (nSPS) is 9.90. The van der Waals surface area contributed by atoms with E-state index in [1.54, 1.807) is 0 Å². The zero-order valence-corrected chi connectivity index (χ0v) is 5.10. The van der Waals surface area contributed by atoms with E-state index in [1.807, 2.05) is 0 Å². The molecule has 10 heavy (non-hydrogen) atoms. The van der Waals surface area contributed by atoms with Gasteiger partial charge in [-0.2, -0.15) is 0 Å². The van der Waals surface area contributed by atoms with Crippen molar-refractivity contribution in [3.63, 3.8) is 0 Å². The first-order valence-corrected chi connectivity index (χ1v) is 2.75. The third kappa shape index (κ3) is 1.51. The summed E-state index contributed by atoms with van der Waals surface area (Å²) in [4.78, 5) is 0. The summed E-state index contributed by atoms with van der Waals surface area (Å²) in [5, 5.41) is 10.1. The van der Waals surface area contributed by atoms with Crippen molar-refractivity contribution in [1.82, 2.24) is 0 Å². The number of hydrogen-bond donors (Lipinski definition) is 0. The lowest BCUT2D eigenvalue weighted by molar-refractivity contribution is -0.386. The van der Waals surface area contributed by atoms with Crippen LogP contribution in [0.3, 0.4) is 0 Å². The fourth-order valence-corrected chi connectivity index (χ4v) is 0.694. The van der Waals surface area contributed by atoms with E-state index in [9.17, 15) is 13.9 Å². The van der Waals surface area contributed by atoms with Crippen molar-refractivity contribution in [3.05, 3.63) is 35.4 Å². The van der Waals surface area contributed by atoms with Crippen LogP contribution in [0.5, 0.6) is 0 Å². The Labute approximate surface area is 56.9 Å². The number of halogens is 2. The summed E-state index contributed by atoms with van der Waals surface area (Å²) in [6, 6.07) is 2.78. The van der Waals surface area contributed by atoms with E-state index in [4.69, 9.17) is 0 Å². The van der Waals surface area contributed by atoms with Gasteiger partial charge in [-0.1, -0.05) is 5.56 Å². The standard InChI is InChI=1S/C7H5F2O/c8-6-1-5(4-10)2-7(9)3-6/h1-3H,4H2/q-1. The topological polar surface area (TPSA) is 23.1 Å². The lowest BCUT2D eigenvalue weighted by atomic mass is 10.2. The first-order valence-electron chi connectivity index (χ1n) is 2.75. The molecule has 1 aromatic rings. The summed E-state index contributed by atoms with van der Waals surface area (Å²) in [5.74, 6) is -1.41. The Morgan fingerprint density at radius 1 is 1.10 bits per heavy atom. The molecule has 0 heterocycles. The van der Waals surface area contributed by atoms with Gasteiger partial charge in [0.25, 0.3) is 0 Å². The Kier molecular flexibility index (Phi) is 1.97. The molecule has 54 valence electrons. The second-order valence-corrected chi connectivity index (χ2v) is 1.92. The molecule has 3 heteroatoms. The van der Waals surface area contributed by atoms with E-state index in [-0.39, 0.29) is 5.56 Å². The largest absolute Gasteiger partial charge is 0.851 e. The van der Waals surface area contributed by atoms with Gasteiger partial charge in [0.05, 0.1) is 0 Å². The molecule has 0 spiro atoms. The Bertz CT molecular complexity index is 215. The van der Waals surface area contributed by atoms with Crippen molar-refractivity contribution in [2.24, 2.45) is 0 Å². The molecule has 0 bridgehead atoms. The van der Waals surface area contributed by atoms with Crippen molar-refractivity contribution in [1.29, 1.82) is 0 Å². The second kappa shape index (κ2) is 2.75. The van der Waals surface area contributed by atoms with Crippen LogP contribution >= 0.6 is 0 Å². The van der Waals surface area contributed by atoms with Gasteiger partial charge in [0, 0.05) is 6.07 Å². The zero-order chi connectivity index (χ0) is 7.56. The van der Waals surface area contributed by atoms with E-state index in [0.29, 0.717) is 0 Å². The highest BCUT2D eigenvalue weighted by molar-refractivity contribution is 5.16. The number of rotatable bonds is 1. The van der Waals surface area contributed by atoms with Gasteiger partial charge in [0.2, 0.25) is 0 Å². The molecule has 0 aliphatic carbocycles. The maximum absolute atomic E-state index is 12.2. The molecule has 1 rings (SSSR count). The van der Waals surface area contributed by atoms with E-state index in [1.165, 1.54) is 0 Å². The Hall–Kier alpha value is -0.960. The minimum absolute atomic E-state index is 0.137. The van der Waals surface area contributed by atoms with E-state index >= 15 is 0 Å². The van der Waals surface area contributed by atoms with Crippen molar-refractivity contribution >= 4 is 0 Å². The predicted octanol–water partition coefficient (Wildman–Crippen LogP) is 0.825. The van der Waals surface area contributed by atoms with Crippen LogP contribution in [0, 0.1) is 11.6 Å². The second-order valence-electron chi connectivity index (χ2n) is 1.92. The maximum Gasteiger partial charge on any atom is 0.126 e. The van der Waals surface area contributed by atoms with Gasteiger partial charge < -0.3 is 5.11 Å². The summed E-state index contributed by atoms with van der Waals surface area (Å²) >= 11 is 0. The summed E-state index contributed by atoms with van der Waals surface area (Å²) in [7, 11) is 0. The van der Waals surface area contributed by atoms with Crippen molar-refractivity contribution in [2.75, 3.05) is 0 Å². The minimum Gasteiger partial charge on any atom is -0.851 e. The number of hydrogen-bond acceptors (Lipinski definition) is 1. The fraction of sp³-hybridized carbons (Fsp3) is 0.143. The van der Waals surface area contributed by atoms with E-state index in [2.05, 4.69) is 0 Å². The molecule has 0 aliphatic heterocycles. The van der Waals surface area contributed by atoms with Gasteiger partial charge in [0.1, 0.15) is 11.6 Å². The highest BCUT2D eigenvalue weighted by atomic mass is 19.1. The zero-order valence-electron chi connectivity index (χ0n) is 5.10. The summed E-state index contributed by atoms with van der Waals surface area (Å²) in [6.45, 7) is -0.589. The highest BCUT2D eigenvalue weighted by Crippen LogP contribution is 2.06. The van der Waals surface area contributed by atoms with Crippen LogP contribution in [0.15, 0.2) is 18.2 Å². The highest BCUT2D eigenvalue weighted by Gasteiger charge is 1.94. The quantitative estimate of drug-likeness (QED) is 0.570. The first kappa shape index (κ1) is 7.15. The molecule has 0 fully saturated rings. The molecule has 0 unspecified atom stereocenters. The lowest BCUT2D eigenvalue weighted by Crippen LogP contribution is -2.02. The average Bonchev–Trinajstić information content (AvgIpc) is 1.85. The van der Waals surface area contributed by atoms with Crippen LogP contribution < -0.4 is 5.11 Å². The predicted molar refractivity (Wildman–Crippen MR) is 30.1 cm³/mol. The smallest absolute Gasteiger partial charge is 0.126 e. The van der Waals surface area contributed by atoms with Crippen LogP contribution in [0.4, 0.5) is 8.78 Å². The molecule has 0 saturated carbocycles. The van der Waals surface area contributed by atoms with Gasteiger partial charge in [-0.3, -0.25) is 0 Å². The van der Waals surface area contributed by atoms with Crippen molar-refractivity contribution in [2.45, 2.75) is 6.61 Å². The molecule has 0 saturated heterocycles. The van der Waals surface area contributed by atoms with Gasteiger partial charge in [-0.25, -0.2) is 8.78 Å². The molecule has 0 aromatic heterocycles. The molecular weight excluding hydrogens is 138 g/mol. The van der Waals surface area contributed by atoms with Gasteiger partial charge >= 0.3 is 0 Å². The molecule has 0 radical (unpaired) electrons.